The highest BCUT2D eigenvalue weighted by molar-refractivity contribution is 6.01. The van der Waals surface area contributed by atoms with E-state index in [1.165, 1.54) is 13.8 Å². The standard InChI is InChI=1S/C16H26N6O6/c1-5-27-15(25)7(3)19-13(23)9-11(17)22-10(12(18)21-9)14(24)20-8(4)16(26)28-6-2/h7-8,15,25H,5-6H2,1-4H3,(H2,18,21)(H2,17,22)(H,19,23)(H,20,24)/t7-,8-,15?/m0/s1. The van der Waals surface area contributed by atoms with Crippen molar-refractivity contribution in [3.63, 3.8) is 0 Å². The monoisotopic (exact) mass is 398 g/mol. The van der Waals surface area contributed by atoms with Gasteiger partial charge < -0.3 is 36.7 Å². The van der Waals surface area contributed by atoms with Crippen molar-refractivity contribution < 1.29 is 29.0 Å². The number of hydrogen-bond donors (Lipinski definition) is 5. The average Bonchev–Trinajstić information content (AvgIpc) is 2.63. The van der Waals surface area contributed by atoms with Crippen molar-refractivity contribution in [1.29, 1.82) is 0 Å². The summed E-state index contributed by atoms with van der Waals surface area (Å²) in [6.07, 6.45) is -1.23. The second kappa shape index (κ2) is 10.4. The van der Waals surface area contributed by atoms with Crippen LogP contribution in [0.1, 0.15) is 48.7 Å². The van der Waals surface area contributed by atoms with E-state index in [1.807, 2.05) is 0 Å². The molecule has 12 heteroatoms. The maximum Gasteiger partial charge on any atom is 0.328 e. The van der Waals surface area contributed by atoms with Crippen LogP contribution in [0.3, 0.4) is 0 Å². The number of aliphatic hydroxyl groups excluding tert-OH is 1. The molecule has 12 nitrogen and oxygen atoms in total. The molecule has 1 rings (SSSR count). The second-order valence-corrected chi connectivity index (χ2v) is 5.75. The molecule has 0 aromatic carbocycles. The lowest BCUT2D eigenvalue weighted by Crippen LogP contribution is -2.43. The van der Waals surface area contributed by atoms with E-state index in [9.17, 15) is 19.5 Å². The molecule has 156 valence electrons. The molecule has 0 spiro atoms. The molecule has 0 radical (unpaired) electrons. The number of esters is 1. The molecule has 2 amide bonds. The number of carbonyl (C=O) groups is 3. The molecule has 28 heavy (non-hydrogen) atoms. The molecule has 1 aromatic heterocycles. The summed E-state index contributed by atoms with van der Waals surface area (Å²) in [4.78, 5) is 43.8. The Bertz CT molecular complexity index is 728. The van der Waals surface area contributed by atoms with Crippen molar-refractivity contribution in [1.82, 2.24) is 20.6 Å². The molecule has 0 saturated heterocycles. The number of carbonyl (C=O) groups excluding carboxylic acids is 3. The van der Waals surface area contributed by atoms with Gasteiger partial charge in [-0.2, -0.15) is 0 Å². The minimum atomic E-state index is -1.23. The Morgan fingerprint density at radius 2 is 1.50 bits per heavy atom. The van der Waals surface area contributed by atoms with Crippen molar-refractivity contribution in [2.75, 3.05) is 24.7 Å². The summed E-state index contributed by atoms with van der Waals surface area (Å²) in [7, 11) is 0. The van der Waals surface area contributed by atoms with Crippen molar-refractivity contribution in [2.24, 2.45) is 0 Å². The number of nitrogens with one attached hydrogen (secondary N) is 2. The topological polar surface area (TPSA) is 192 Å². The van der Waals surface area contributed by atoms with Crippen LogP contribution >= 0.6 is 0 Å². The highest BCUT2D eigenvalue weighted by atomic mass is 16.6. The van der Waals surface area contributed by atoms with Crippen molar-refractivity contribution in [3.8, 4) is 0 Å². The Hall–Kier alpha value is -2.99. The van der Waals surface area contributed by atoms with Gasteiger partial charge >= 0.3 is 5.97 Å². The molecule has 0 fully saturated rings. The highest BCUT2D eigenvalue weighted by Gasteiger charge is 2.25. The summed E-state index contributed by atoms with van der Waals surface area (Å²) >= 11 is 0. The summed E-state index contributed by atoms with van der Waals surface area (Å²) < 4.78 is 9.77. The first-order valence-corrected chi connectivity index (χ1v) is 8.63. The number of nitrogens with zero attached hydrogens (tertiary/aromatic N) is 2. The van der Waals surface area contributed by atoms with E-state index in [4.69, 9.17) is 20.9 Å². The van der Waals surface area contributed by atoms with Crippen LogP contribution in [0, 0.1) is 0 Å². The summed E-state index contributed by atoms with van der Waals surface area (Å²) in [5.41, 5.74) is 10.8. The first-order valence-electron chi connectivity index (χ1n) is 8.63. The zero-order valence-electron chi connectivity index (χ0n) is 16.2. The van der Waals surface area contributed by atoms with Crippen LogP contribution in [-0.4, -0.2) is 64.4 Å². The summed E-state index contributed by atoms with van der Waals surface area (Å²) in [5, 5.41) is 14.5. The van der Waals surface area contributed by atoms with Crippen LogP contribution in [0.25, 0.3) is 0 Å². The third kappa shape index (κ3) is 6.03. The van der Waals surface area contributed by atoms with Gasteiger partial charge in [0.1, 0.15) is 6.04 Å². The Kier molecular flexibility index (Phi) is 8.54. The van der Waals surface area contributed by atoms with Gasteiger partial charge in [0.05, 0.1) is 12.6 Å². The molecule has 1 unspecified atom stereocenters. The lowest BCUT2D eigenvalue weighted by atomic mass is 10.2. The Labute approximate surface area is 162 Å². The Morgan fingerprint density at radius 1 is 1.00 bits per heavy atom. The molecule has 0 bridgehead atoms. The predicted molar refractivity (Wildman–Crippen MR) is 99.0 cm³/mol. The van der Waals surface area contributed by atoms with E-state index >= 15 is 0 Å². The van der Waals surface area contributed by atoms with Gasteiger partial charge in [0.2, 0.25) is 0 Å². The fourth-order valence-electron chi connectivity index (χ4n) is 2.05. The quantitative estimate of drug-likeness (QED) is 0.249. The fraction of sp³-hybridized carbons (Fsp3) is 0.562. The highest BCUT2D eigenvalue weighted by Crippen LogP contribution is 2.14. The number of ether oxygens (including phenoxy) is 2. The molecule has 0 saturated carbocycles. The van der Waals surface area contributed by atoms with E-state index in [2.05, 4.69) is 20.6 Å². The number of hydrogen-bond acceptors (Lipinski definition) is 10. The van der Waals surface area contributed by atoms with Gasteiger partial charge in [-0.1, -0.05) is 0 Å². The lowest BCUT2D eigenvalue weighted by molar-refractivity contribution is -0.144. The minimum Gasteiger partial charge on any atom is -0.464 e. The van der Waals surface area contributed by atoms with Crippen LogP contribution in [0.15, 0.2) is 0 Å². The van der Waals surface area contributed by atoms with Crippen molar-refractivity contribution >= 4 is 29.4 Å². The van der Waals surface area contributed by atoms with Gasteiger partial charge in [0, 0.05) is 6.61 Å². The van der Waals surface area contributed by atoms with E-state index in [0.717, 1.165) is 0 Å². The third-order valence-electron chi connectivity index (χ3n) is 3.49. The maximum absolute atomic E-state index is 12.3. The zero-order valence-corrected chi connectivity index (χ0v) is 16.2. The number of rotatable bonds is 9. The Balaban J connectivity index is 2.93. The molecular formula is C16H26N6O6. The van der Waals surface area contributed by atoms with E-state index in [1.54, 1.807) is 13.8 Å². The normalized spacial score (nSPS) is 13.9. The fourth-order valence-corrected chi connectivity index (χ4v) is 2.05. The second-order valence-electron chi connectivity index (χ2n) is 5.75. The molecular weight excluding hydrogens is 372 g/mol. The smallest absolute Gasteiger partial charge is 0.328 e. The first kappa shape index (κ1) is 23.0. The molecule has 0 aliphatic rings. The molecule has 0 aliphatic carbocycles. The van der Waals surface area contributed by atoms with E-state index in [0.29, 0.717) is 0 Å². The van der Waals surface area contributed by atoms with Crippen molar-refractivity contribution in [3.05, 3.63) is 11.4 Å². The van der Waals surface area contributed by atoms with Crippen molar-refractivity contribution in [2.45, 2.75) is 46.1 Å². The van der Waals surface area contributed by atoms with Gasteiger partial charge in [-0.25, -0.2) is 14.8 Å². The lowest BCUT2D eigenvalue weighted by Gasteiger charge is -2.20. The summed E-state index contributed by atoms with van der Waals surface area (Å²) in [6.45, 7) is 6.68. The van der Waals surface area contributed by atoms with Gasteiger partial charge in [-0.15, -0.1) is 0 Å². The molecule has 1 aromatic rings. The van der Waals surface area contributed by atoms with E-state index < -0.39 is 36.2 Å². The number of amides is 2. The molecule has 1 heterocycles. The van der Waals surface area contributed by atoms with Crippen LogP contribution in [0.4, 0.5) is 11.6 Å². The molecule has 0 aliphatic heterocycles. The van der Waals surface area contributed by atoms with Gasteiger partial charge in [0.15, 0.2) is 29.3 Å². The number of aliphatic hydroxyl groups is 1. The predicted octanol–water partition coefficient (Wildman–Crippen LogP) is -1.20. The Morgan fingerprint density at radius 3 is 1.96 bits per heavy atom. The summed E-state index contributed by atoms with van der Waals surface area (Å²) in [6, 6.07) is -1.71. The van der Waals surface area contributed by atoms with E-state index in [-0.39, 0.29) is 36.2 Å². The molecule has 3 atom stereocenters. The van der Waals surface area contributed by atoms with Crippen LogP contribution in [0.5, 0.6) is 0 Å². The van der Waals surface area contributed by atoms with Gasteiger partial charge in [0.25, 0.3) is 11.8 Å². The number of nitrogen functional groups attached to an aromatic ring is 2. The summed E-state index contributed by atoms with van der Waals surface area (Å²) in [5.74, 6) is -2.89. The average molecular weight is 398 g/mol. The minimum absolute atomic E-state index is 0.161. The largest absolute Gasteiger partial charge is 0.464 e. The third-order valence-corrected chi connectivity index (χ3v) is 3.49. The first-order chi connectivity index (χ1) is 13.1. The van der Waals surface area contributed by atoms with Crippen LogP contribution in [0.2, 0.25) is 0 Å². The number of nitrogens with two attached hydrogens (primary N) is 2. The number of aromatic nitrogens is 2. The number of anilines is 2. The van der Waals surface area contributed by atoms with Crippen LogP contribution in [-0.2, 0) is 14.3 Å². The molecule has 7 N–H and O–H groups in total. The maximum atomic E-state index is 12.3. The van der Waals surface area contributed by atoms with Crippen LogP contribution < -0.4 is 22.1 Å². The van der Waals surface area contributed by atoms with Gasteiger partial charge in [-0.3, -0.25) is 9.59 Å². The zero-order chi connectivity index (χ0) is 21.4. The van der Waals surface area contributed by atoms with Gasteiger partial charge in [-0.05, 0) is 27.7 Å². The SMILES string of the molecule is CCOC(=O)[C@H](C)NC(=O)c1nc(N)c(C(=O)N[C@@H](C)C(O)OCC)nc1N.